The highest BCUT2D eigenvalue weighted by atomic mass is 16.3. The van der Waals surface area contributed by atoms with Crippen molar-refractivity contribution in [1.29, 1.82) is 0 Å². The number of amides is 2. The number of pyridine rings is 2. The van der Waals surface area contributed by atoms with Crippen LogP contribution in [-0.4, -0.2) is 85.9 Å². The Balaban J connectivity index is 1.33. The maximum Gasteiger partial charge on any atom is 0.295 e. The molecule has 11 heteroatoms. The third-order valence-corrected chi connectivity index (χ3v) is 6.13. The maximum absolute atomic E-state index is 13.2. The summed E-state index contributed by atoms with van der Waals surface area (Å²) in [6.45, 7) is 3.05. The topological polar surface area (TPSA) is 135 Å². The number of aliphatic hydroxyl groups excluding tert-OH is 1. The summed E-state index contributed by atoms with van der Waals surface area (Å²) in [7, 11) is 0. The van der Waals surface area contributed by atoms with Crippen molar-refractivity contribution in [3.8, 4) is 0 Å². The zero-order chi connectivity index (χ0) is 24.5. The standard InChI is InChI=1S/C24H23N7O4/c1-15-13-30(10-11-31(15)23(34)18-4-2-3-6-25-18)24(35)21(33)17-12-28-20-16(17)5-7-27-22(20)29-9-8-26-19(32)14-29/h2-8,12,14-15,28,32H,9-11,13H2,1H3/t15-/m1/s1. The fourth-order valence-corrected chi connectivity index (χ4v) is 4.38. The number of hydrogen-bond acceptors (Lipinski definition) is 8. The molecule has 3 aromatic heterocycles. The van der Waals surface area contributed by atoms with Crippen molar-refractivity contribution < 1.29 is 19.5 Å². The molecule has 35 heavy (non-hydrogen) atoms. The molecule has 2 aliphatic rings. The second-order valence-electron chi connectivity index (χ2n) is 8.35. The van der Waals surface area contributed by atoms with E-state index in [0.717, 1.165) is 0 Å². The molecule has 11 nitrogen and oxygen atoms in total. The fourth-order valence-electron chi connectivity index (χ4n) is 4.38. The van der Waals surface area contributed by atoms with Crippen LogP contribution in [0.5, 0.6) is 0 Å². The molecule has 1 atom stereocenters. The van der Waals surface area contributed by atoms with E-state index in [0.29, 0.717) is 35.5 Å². The smallest absolute Gasteiger partial charge is 0.295 e. The molecule has 5 rings (SSSR count). The number of H-pyrrole nitrogens is 1. The molecule has 0 saturated carbocycles. The number of anilines is 1. The van der Waals surface area contributed by atoms with Gasteiger partial charge in [0.05, 0.1) is 23.8 Å². The summed E-state index contributed by atoms with van der Waals surface area (Å²) in [4.78, 5) is 59.3. The quantitative estimate of drug-likeness (QED) is 0.435. The van der Waals surface area contributed by atoms with Gasteiger partial charge in [0.2, 0.25) is 5.88 Å². The number of aromatic amines is 1. The van der Waals surface area contributed by atoms with Crippen LogP contribution in [0.3, 0.4) is 0 Å². The summed E-state index contributed by atoms with van der Waals surface area (Å²) in [5.41, 5.74) is 1.16. The van der Waals surface area contributed by atoms with Gasteiger partial charge in [0.15, 0.2) is 5.82 Å². The molecule has 3 aromatic rings. The van der Waals surface area contributed by atoms with Gasteiger partial charge in [-0.25, -0.2) is 9.98 Å². The molecule has 5 heterocycles. The first-order valence-electron chi connectivity index (χ1n) is 11.2. The Hall–Kier alpha value is -4.54. The van der Waals surface area contributed by atoms with Crippen LogP contribution in [0.15, 0.2) is 59.9 Å². The summed E-state index contributed by atoms with van der Waals surface area (Å²) < 4.78 is 0. The average molecular weight is 473 g/mol. The number of nitrogens with one attached hydrogen (secondary N) is 1. The number of aliphatic imine (C=N–C) groups is 1. The van der Waals surface area contributed by atoms with Crippen LogP contribution in [-0.2, 0) is 4.79 Å². The predicted molar refractivity (Wildman–Crippen MR) is 128 cm³/mol. The Bertz CT molecular complexity index is 1360. The second-order valence-corrected chi connectivity index (χ2v) is 8.35. The van der Waals surface area contributed by atoms with E-state index in [2.05, 4.69) is 19.9 Å². The maximum atomic E-state index is 13.2. The van der Waals surface area contributed by atoms with Gasteiger partial charge in [-0.15, -0.1) is 0 Å². The van der Waals surface area contributed by atoms with E-state index in [1.807, 2.05) is 6.92 Å². The monoisotopic (exact) mass is 473 g/mol. The van der Waals surface area contributed by atoms with Gasteiger partial charge >= 0.3 is 0 Å². The van der Waals surface area contributed by atoms with Gasteiger partial charge in [-0.2, -0.15) is 0 Å². The molecule has 0 unspecified atom stereocenters. The van der Waals surface area contributed by atoms with Crippen LogP contribution >= 0.6 is 0 Å². The van der Waals surface area contributed by atoms with Crippen molar-refractivity contribution in [2.75, 3.05) is 31.1 Å². The van der Waals surface area contributed by atoms with Gasteiger partial charge < -0.3 is 24.8 Å². The Morgan fingerprint density at radius 2 is 1.97 bits per heavy atom. The number of hydrogen-bond donors (Lipinski definition) is 2. The molecule has 0 spiro atoms. The summed E-state index contributed by atoms with van der Waals surface area (Å²) in [5, 5.41) is 10.3. The minimum Gasteiger partial charge on any atom is -0.492 e. The van der Waals surface area contributed by atoms with Gasteiger partial charge in [0.25, 0.3) is 17.6 Å². The lowest BCUT2D eigenvalue weighted by Crippen LogP contribution is -2.56. The largest absolute Gasteiger partial charge is 0.492 e. The molecule has 2 amide bonds. The number of Topliss-reactive ketones (excluding diaryl/α,β-unsaturated/α-hetero) is 1. The van der Waals surface area contributed by atoms with E-state index in [9.17, 15) is 19.5 Å². The van der Waals surface area contributed by atoms with E-state index in [1.165, 1.54) is 17.3 Å². The third-order valence-electron chi connectivity index (χ3n) is 6.13. The first-order valence-corrected chi connectivity index (χ1v) is 11.2. The highest BCUT2D eigenvalue weighted by Gasteiger charge is 2.34. The minimum atomic E-state index is -0.635. The number of nitrogens with zero attached hydrogens (tertiary/aromatic N) is 6. The lowest BCUT2D eigenvalue weighted by atomic mass is 10.1. The van der Waals surface area contributed by atoms with E-state index >= 15 is 0 Å². The predicted octanol–water partition coefficient (Wildman–Crippen LogP) is 1.76. The van der Waals surface area contributed by atoms with E-state index in [1.54, 1.807) is 52.7 Å². The summed E-state index contributed by atoms with van der Waals surface area (Å²) in [6.07, 6.45) is 7.61. The van der Waals surface area contributed by atoms with Crippen molar-refractivity contribution in [2.45, 2.75) is 13.0 Å². The normalized spacial score (nSPS) is 18.0. The number of fused-ring (bicyclic) bond motifs is 1. The Kier molecular flexibility index (Phi) is 5.73. The average Bonchev–Trinajstić information content (AvgIpc) is 3.32. The van der Waals surface area contributed by atoms with Crippen LogP contribution in [0.25, 0.3) is 10.9 Å². The summed E-state index contributed by atoms with van der Waals surface area (Å²) in [5.74, 6) is -1.10. The van der Waals surface area contributed by atoms with E-state index in [-0.39, 0.29) is 36.5 Å². The van der Waals surface area contributed by atoms with Gasteiger partial charge in [0, 0.05) is 55.9 Å². The van der Waals surface area contributed by atoms with Gasteiger partial charge in [0.1, 0.15) is 5.69 Å². The lowest BCUT2D eigenvalue weighted by Gasteiger charge is -2.39. The van der Waals surface area contributed by atoms with Crippen LogP contribution in [0.4, 0.5) is 5.82 Å². The van der Waals surface area contributed by atoms with Crippen LogP contribution < -0.4 is 4.90 Å². The highest BCUT2D eigenvalue weighted by Crippen LogP contribution is 2.28. The molecule has 1 fully saturated rings. The number of rotatable bonds is 4. The second kappa shape index (κ2) is 9.01. The van der Waals surface area contributed by atoms with Crippen LogP contribution in [0, 0.1) is 0 Å². The molecule has 2 aliphatic heterocycles. The molecule has 0 aromatic carbocycles. The van der Waals surface area contributed by atoms with Crippen molar-refractivity contribution in [1.82, 2.24) is 24.8 Å². The number of piperazine rings is 1. The van der Waals surface area contributed by atoms with Gasteiger partial charge in [-0.1, -0.05) is 6.07 Å². The number of aliphatic hydroxyl groups is 1. The molecule has 0 bridgehead atoms. The Morgan fingerprint density at radius 1 is 1.11 bits per heavy atom. The number of aromatic nitrogens is 3. The van der Waals surface area contributed by atoms with E-state index < -0.39 is 11.7 Å². The van der Waals surface area contributed by atoms with Crippen molar-refractivity contribution in [3.63, 3.8) is 0 Å². The van der Waals surface area contributed by atoms with E-state index in [4.69, 9.17) is 0 Å². The number of carbonyl (C=O) groups is 3. The molecule has 0 aliphatic carbocycles. The third kappa shape index (κ3) is 4.12. The molecule has 0 radical (unpaired) electrons. The van der Waals surface area contributed by atoms with Gasteiger partial charge in [-0.3, -0.25) is 19.4 Å². The number of ketones is 1. The van der Waals surface area contributed by atoms with Crippen molar-refractivity contribution in [3.05, 3.63) is 66.2 Å². The summed E-state index contributed by atoms with van der Waals surface area (Å²) >= 11 is 0. The molecule has 178 valence electrons. The zero-order valence-corrected chi connectivity index (χ0v) is 19.0. The SMILES string of the molecule is C[C@@H]1CN(C(=O)C(=O)c2c[nH]c3c(N4C=C(O)N=CC4)nccc23)CCN1C(=O)c1ccccn1. The first kappa shape index (κ1) is 22.3. The van der Waals surface area contributed by atoms with Crippen molar-refractivity contribution >= 4 is 40.5 Å². The number of carbonyl (C=O) groups excluding carboxylic acids is 3. The van der Waals surface area contributed by atoms with Crippen LogP contribution in [0.2, 0.25) is 0 Å². The van der Waals surface area contributed by atoms with Crippen LogP contribution in [0.1, 0.15) is 27.8 Å². The first-order chi connectivity index (χ1) is 16.9. The van der Waals surface area contributed by atoms with Crippen molar-refractivity contribution in [2.24, 2.45) is 4.99 Å². The highest BCUT2D eigenvalue weighted by molar-refractivity contribution is 6.45. The minimum absolute atomic E-state index is 0.150. The Morgan fingerprint density at radius 3 is 2.71 bits per heavy atom. The molecule has 2 N–H and O–H groups in total. The Labute approximate surface area is 200 Å². The fraction of sp³-hybridized carbons (Fsp3) is 0.250. The van der Waals surface area contributed by atoms with Gasteiger partial charge in [-0.05, 0) is 25.1 Å². The zero-order valence-electron chi connectivity index (χ0n) is 19.0. The molecule has 1 saturated heterocycles. The lowest BCUT2D eigenvalue weighted by molar-refractivity contribution is -0.128. The molecular weight excluding hydrogens is 450 g/mol. The summed E-state index contributed by atoms with van der Waals surface area (Å²) in [6, 6.07) is 6.55. The molecular formula is C24H23N7O4.